The minimum Gasteiger partial charge on any atom is -0.495 e. The van der Waals surface area contributed by atoms with Gasteiger partial charge in [0, 0.05) is 6.20 Å². The second-order valence-electron chi connectivity index (χ2n) is 5.83. The van der Waals surface area contributed by atoms with Gasteiger partial charge in [0.05, 0.1) is 35.6 Å². The van der Waals surface area contributed by atoms with Crippen molar-refractivity contribution in [3.05, 3.63) is 58.8 Å². The van der Waals surface area contributed by atoms with Crippen molar-refractivity contribution >= 4 is 35.0 Å². The number of thioether (sulfide) groups is 1. The molecule has 1 aromatic carbocycles. The molecule has 0 aliphatic heterocycles. The molecule has 1 N–H and O–H groups in total. The number of anilines is 1. The van der Waals surface area contributed by atoms with Gasteiger partial charge in [0.25, 0.3) is 0 Å². The predicted octanol–water partition coefficient (Wildman–Crippen LogP) is 4.62. The maximum absolute atomic E-state index is 12.7. The van der Waals surface area contributed by atoms with Crippen molar-refractivity contribution in [1.29, 1.82) is 0 Å². The van der Waals surface area contributed by atoms with Crippen LogP contribution in [0, 0.1) is 0 Å². The first kappa shape index (κ1) is 21.9. The van der Waals surface area contributed by atoms with E-state index in [2.05, 4.69) is 20.4 Å². The number of nitrogens with zero attached hydrogens (tertiary/aromatic N) is 3. The van der Waals surface area contributed by atoms with Crippen LogP contribution in [-0.2, 0) is 23.1 Å². The minimum absolute atomic E-state index is 0.124. The van der Waals surface area contributed by atoms with Crippen LogP contribution in [0.15, 0.2) is 46.1 Å². The topological polar surface area (TPSA) is 90.1 Å². The van der Waals surface area contributed by atoms with Crippen LogP contribution >= 0.6 is 23.4 Å². The van der Waals surface area contributed by atoms with Gasteiger partial charge in [0.2, 0.25) is 11.8 Å². The van der Waals surface area contributed by atoms with E-state index in [1.54, 1.807) is 24.3 Å². The quantitative estimate of drug-likeness (QED) is 0.516. The lowest BCUT2D eigenvalue weighted by atomic mass is 10.2. The van der Waals surface area contributed by atoms with Gasteiger partial charge in [-0.2, -0.15) is 18.2 Å². The second kappa shape index (κ2) is 9.35. The Morgan fingerprint density at radius 2 is 2.10 bits per heavy atom. The fraction of sp³-hybridized carbons (Fsp3) is 0.222. The Hall–Kier alpha value is -2.79. The lowest BCUT2D eigenvalue weighted by molar-refractivity contribution is -0.137. The molecule has 0 saturated carbocycles. The maximum Gasteiger partial charge on any atom is 0.417 e. The SMILES string of the molecule is COc1ccccc1NC(=O)Cc1noc(CSc2ncc(C(F)(F)F)cc2Cl)n1. The van der Waals surface area contributed by atoms with Gasteiger partial charge in [-0.3, -0.25) is 4.79 Å². The third-order valence-electron chi connectivity index (χ3n) is 3.68. The number of carbonyl (C=O) groups is 1. The van der Waals surface area contributed by atoms with E-state index in [0.717, 1.165) is 17.8 Å². The fourth-order valence-electron chi connectivity index (χ4n) is 2.32. The number of halogens is 4. The smallest absolute Gasteiger partial charge is 0.417 e. The highest BCUT2D eigenvalue weighted by molar-refractivity contribution is 7.98. The van der Waals surface area contributed by atoms with Crippen LogP contribution in [0.4, 0.5) is 18.9 Å². The molecule has 0 bridgehead atoms. The number of para-hydroxylation sites is 2. The predicted molar refractivity (Wildman–Crippen MR) is 103 cm³/mol. The van der Waals surface area contributed by atoms with Crippen LogP contribution in [0.3, 0.4) is 0 Å². The van der Waals surface area contributed by atoms with Crippen LogP contribution in [0.2, 0.25) is 5.02 Å². The first-order valence-corrected chi connectivity index (χ1v) is 9.72. The molecule has 3 aromatic rings. The molecule has 0 aliphatic carbocycles. The first-order chi connectivity index (χ1) is 14.3. The summed E-state index contributed by atoms with van der Waals surface area (Å²) in [4.78, 5) is 20.0. The zero-order valence-corrected chi connectivity index (χ0v) is 16.9. The van der Waals surface area contributed by atoms with Crippen molar-refractivity contribution < 1.29 is 27.2 Å². The summed E-state index contributed by atoms with van der Waals surface area (Å²) in [6, 6.07) is 7.73. The molecular formula is C18H14ClF3N4O3S. The number of hydrogen-bond acceptors (Lipinski definition) is 7. The number of amides is 1. The summed E-state index contributed by atoms with van der Waals surface area (Å²) >= 11 is 6.90. The molecule has 3 rings (SSSR count). The highest BCUT2D eigenvalue weighted by atomic mass is 35.5. The van der Waals surface area contributed by atoms with Crippen LogP contribution in [0.25, 0.3) is 0 Å². The maximum atomic E-state index is 12.7. The molecule has 30 heavy (non-hydrogen) atoms. The van der Waals surface area contributed by atoms with Gasteiger partial charge in [0.1, 0.15) is 10.8 Å². The Balaban J connectivity index is 1.57. The summed E-state index contributed by atoms with van der Waals surface area (Å²) in [5.41, 5.74) is -0.426. The van der Waals surface area contributed by atoms with Crippen LogP contribution in [0.5, 0.6) is 5.75 Å². The number of nitrogens with one attached hydrogen (secondary N) is 1. The van der Waals surface area contributed by atoms with Gasteiger partial charge in [-0.25, -0.2) is 4.98 Å². The normalized spacial score (nSPS) is 11.4. The zero-order valence-electron chi connectivity index (χ0n) is 15.4. The van der Waals surface area contributed by atoms with Crippen molar-refractivity contribution in [2.75, 3.05) is 12.4 Å². The highest BCUT2D eigenvalue weighted by Gasteiger charge is 2.31. The van der Waals surface area contributed by atoms with Crippen molar-refractivity contribution in [3.8, 4) is 5.75 Å². The number of pyridine rings is 1. The Bertz CT molecular complexity index is 1050. The van der Waals surface area contributed by atoms with E-state index in [9.17, 15) is 18.0 Å². The molecule has 158 valence electrons. The van der Waals surface area contributed by atoms with Gasteiger partial charge in [-0.1, -0.05) is 40.7 Å². The van der Waals surface area contributed by atoms with Crippen LogP contribution in [0.1, 0.15) is 17.3 Å². The van der Waals surface area contributed by atoms with Crippen molar-refractivity contribution in [3.63, 3.8) is 0 Å². The zero-order chi connectivity index (χ0) is 21.7. The average Bonchev–Trinajstić information content (AvgIpc) is 3.13. The lowest BCUT2D eigenvalue weighted by Crippen LogP contribution is -2.15. The van der Waals surface area contributed by atoms with E-state index in [0.29, 0.717) is 17.6 Å². The Labute approximate surface area is 178 Å². The molecule has 0 radical (unpaired) electrons. The molecular weight excluding hydrogens is 445 g/mol. The Morgan fingerprint density at radius 1 is 1.33 bits per heavy atom. The van der Waals surface area contributed by atoms with Crippen molar-refractivity contribution in [1.82, 2.24) is 15.1 Å². The minimum atomic E-state index is -4.52. The average molecular weight is 459 g/mol. The van der Waals surface area contributed by atoms with Gasteiger partial charge in [-0.05, 0) is 18.2 Å². The Morgan fingerprint density at radius 3 is 2.80 bits per heavy atom. The molecule has 0 saturated heterocycles. The van der Waals surface area contributed by atoms with E-state index in [-0.39, 0.29) is 39.8 Å². The molecule has 2 heterocycles. The molecule has 0 fully saturated rings. The van der Waals surface area contributed by atoms with Gasteiger partial charge < -0.3 is 14.6 Å². The van der Waals surface area contributed by atoms with E-state index >= 15 is 0 Å². The monoisotopic (exact) mass is 458 g/mol. The number of hydrogen-bond donors (Lipinski definition) is 1. The molecule has 7 nitrogen and oxygen atoms in total. The number of carbonyl (C=O) groups excluding carboxylic acids is 1. The number of aromatic nitrogens is 3. The summed E-state index contributed by atoms with van der Waals surface area (Å²) in [7, 11) is 1.49. The first-order valence-electron chi connectivity index (χ1n) is 8.36. The number of alkyl halides is 3. The molecule has 2 aromatic heterocycles. The summed E-state index contributed by atoms with van der Waals surface area (Å²) in [6.45, 7) is 0. The largest absolute Gasteiger partial charge is 0.495 e. The highest BCUT2D eigenvalue weighted by Crippen LogP contribution is 2.34. The van der Waals surface area contributed by atoms with Crippen LogP contribution in [-0.4, -0.2) is 28.1 Å². The summed E-state index contributed by atoms with van der Waals surface area (Å²) in [6.07, 6.45) is -3.95. The standard InChI is InChI=1S/C18H14ClF3N4O3S/c1-28-13-5-3-2-4-12(13)24-15(27)7-14-25-16(29-26-14)9-30-17-11(19)6-10(8-23-17)18(20,21)22/h2-6,8H,7,9H2,1H3,(H,24,27). The second-order valence-corrected chi connectivity index (χ2v) is 7.20. The number of benzene rings is 1. The number of rotatable bonds is 7. The number of ether oxygens (including phenoxy) is 1. The summed E-state index contributed by atoms with van der Waals surface area (Å²) < 4.78 is 48.2. The molecule has 0 aliphatic rings. The van der Waals surface area contributed by atoms with Gasteiger partial charge in [0.15, 0.2) is 5.82 Å². The van der Waals surface area contributed by atoms with Crippen LogP contribution < -0.4 is 10.1 Å². The Kier molecular flexibility index (Phi) is 6.83. The molecule has 12 heteroatoms. The van der Waals surface area contributed by atoms with E-state index in [4.69, 9.17) is 20.9 Å². The van der Waals surface area contributed by atoms with Gasteiger partial charge >= 0.3 is 6.18 Å². The summed E-state index contributed by atoms with van der Waals surface area (Å²) in [5, 5.41) is 6.48. The van der Waals surface area contributed by atoms with E-state index < -0.39 is 11.7 Å². The summed E-state index contributed by atoms with van der Waals surface area (Å²) in [5.74, 6) is 0.602. The fourth-order valence-corrected chi connectivity index (χ4v) is 3.35. The third-order valence-corrected chi connectivity index (χ3v) is 5.07. The van der Waals surface area contributed by atoms with Gasteiger partial charge in [-0.15, -0.1) is 0 Å². The molecule has 0 unspecified atom stereocenters. The molecule has 0 spiro atoms. The molecule has 1 amide bonds. The molecule has 0 atom stereocenters. The number of methoxy groups -OCH3 is 1. The van der Waals surface area contributed by atoms with Crippen molar-refractivity contribution in [2.45, 2.75) is 23.4 Å². The van der Waals surface area contributed by atoms with E-state index in [1.807, 2.05) is 0 Å². The third kappa shape index (κ3) is 5.63. The van der Waals surface area contributed by atoms with Crippen molar-refractivity contribution in [2.24, 2.45) is 0 Å². The lowest BCUT2D eigenvalue weighted by Gasteiger charge is -2.08. The van der Waals surface area contributed by atoms with E-state index in [1.165, 1.54) is 7.11 Å².